The summed E-state index contributed by atoms with van der Waals surface area (Å²) in [4.78, 5) is 15.2. The molecule has 0 aliphatic carbocycles. The van der Waals surface area contributed by atoms with Gasteiger partial charge < -0.3 is 10.5 Å². The summed E-state index contributed by atoms with van der Waals surface area (Å²) < 4.78 is 5.02. The number of nitrogens with zero attached hydrogens (tertiary/aromatic N) is 1. The van der Waals surface area contributed by atoms with Gasteiger partial charge in [0.05, 0.1) is 5.92 Å². The van der Waals surface area contributed by atoms with Crippen LogP contribution >= 0.6 is 11.6 Å². The average Bonchev–Trinajstić information content (AvgIpc) is 2.26. The van der Waals surface area contributed by atoms with E-state index in [0.717, 1.165) is 0 Å². The van der Waals surface area contributed by atoms with Crippen molar-refractivity contribution in [3.63, 3.8) is 0 Å². The Hall–Kier alpha value is -1.13. The standard InChI is InChI=1S/C10H13ClN2O2/c1-15-9(10(12)14)7(6-11)8-4-2-3-5-13-8/h2-5,7,9H,6H2,1H3,(H2,12,14). The van der Waals surface area contributed by atoms with E-state index in [0.29, 0.717) is 5.69 Å². The van der Waals surface area contributed by atoms with Gasteiger partial charge in [0.25, 0.3) is 0 Å². The van der Waals surface area contributed by atoms with Gasteiger partial charge in [-0.1, -0.05) is 6.07 Å². The number of amides is 1. The number of hydrogen-bond donors (Lipinski definition) is 1. The number of primary amides is 1. The molecule has 0 aromatic carbocycles. The summed E-state index contributed by atoms with van der Waals surface area (Å²) in [6, 6.07) is 5.42. The summed E-state index contributed by atoms with van der Waals surface area (Å²) in [5.41, 5.74) is 5.92. The summed E-state index contributed by atoms with van der Waals surface area (Å²) in [6.07, 6.45) is 0.903. The summed E-state index contributed by atoms with van der Waals surface area (Å²) in [5, 5.41) is 0. The Bertz CT molecular complexity index is 318. The summed E-state index contributed by atoms with van der Waals surface area (Å²) >= 11 is 5.79. The van der Waals surface area contributed by atoms with E-state index in [1.54, 1.807) is 18.3 Å². The number of ether oxygens (including phenoxy) is 1. The largest absolute Gasteiger partial charge is 0.371 e. The lowest BCUT2D eigenvalue weighted by Crippen LogP contribution is -2.36. The highest BCUT2D eigenvalue weighted by atomic mass is 35.5. The zero-order valence-electron chi connectivity index (χ0n) is 8.39. The first kappa shape index (κ1) is 11.9. The molecule has 2 atom stereocenters. The number of nitrogens with two attached hydrogens (primary N) is 1. The molecule has 1 amide bonds. The zero-order chi connectivity index (χ0) is 11.3. The quantitative estimate of drug-likeness (QED) is 0.762. The van der Waals surface area contributed by atoms with Gasteiger partial charge in [0.15, 0.2) is 0 Å². The van der Waals surface area contributed by atoms with Gasteiger partial charge in [-0.15, -0.1) is 11.6 Å². The van der Waals surface area contributed by atoms with Gasteiger partial charge in [-0.05, 0) is 12.1 Å². The molecule has 15 heavy (non-hydrogen) atoms. The smallest absolute Gasteiger partial charge is 0.247 e. The van der Waals surface area contributed by atoms with Crippen molar-refractivity contribution in [3.05, 3.63) is 30.1 Å². The van der Waals surface area contributed by atoms with Crippen LogP contribution in [0.25, 0.3) is 0 Å². The van der Waals surface area contributed by atoms with Crippen molar-refractivity contribution in [2.75, 3.05) is 13.0 Å². The van der Waals surface area contributed by atoms with Crippen molar-refractivity contribution >= 4 is 17.5 Å². The van der Waals surface area contributed by atoms with E-state index in [2.05, 4.69) is 4.98 Å². The third kappa shape index (κ3) is 2.91. The Morgan fingerprint density at radius 3 is 2.80 bits per heavy atom. The second-order valence-corrected chi connectivity index (χ2v) is 3.38. The second-order valence-electron chi connectivity index (χ2n) is 3.07. The third-order valence-electron chi connectivity index (χ3n) is 2.13. The first-order chi connectivity index (χ1) is 7.20. The van der Waals surface area contributed by atoms with Crippen molar-refractivity contribution in [1.29, 1.82) is 0 Å². The van der Waals surface area contributed by atoms with Gasteiger partial charge in [0, 0.05) is 24.9 Å². The zero-order valence-corrected chi connectivity index (χ0v) is 9.15. The molecule has 0 radical (unpaired) electrons. The Balaban J connectivity index is 2.92. The van der Waals surface area contributed by atoms with Gasteiger partial charge >= 0.3 is 0 Å². The van der Waals surface area contributed by atoms with Crippen LogP contribution in [0.1, 0.15) is 11.6 Å². The van der Waals surface area contributed by atoms with E-state index in [-0.39, 0.29) is 11.8 Å². The summed E-state index contributed by atoms with van der Waals surface area (Å²) in [6.45, 7) is 0. The fraction of sp³-hybridized carbons (Fsp3) is 0.400. The highest BCUT2D eigenvalue weighted by Gasteiger charge is 2.27. The summed E-state index contributed by atoms with van der Waals surface area (Å²) in [5.74, 6) is -0.609. The topological polar surface area (TPSA) is 65.2 Å². The van der Waals surface area contributed by atoms with Gasteiger partial charge in [-0.2, -0.15) is 0 Å². The molecule has 0 aliphatic heterocycles. The minimum absolute atomic E-state index is 0.235. The van der Waals surface area contributed by atoms with Crippen LogP contribution in [0.4, 0.5) is 0 Å². The van der Waals surface area contributed by atoms with Gasteiger partial charge in [-0.25, -0.2) is 0 Å². The minimum Gasteiger partial charge on any atom is -0.371 e. The van der Waals surface area contributed by atoms with Gasteiger partial charge in [0.1, 0.15) is 6.10 Å². The van der Waals surface area contributed by atoms with Crippen molar-refractivity contribution in [1.82, 2.24) is 4.98 Å². The fourth-order valence-electron chi connectivity index (χ4n) is 1.39. The molecule has 0 saturated heterocycles. The lowest BCUT2D eigenvalue weighted by Gasteiger charge is -2.20. The van der Waals surface area contributed by atoms with E-state index in [4.69, 9.17) is 22.1 Å². The van der Waals surface area contributed by atoms with Crippen LogP contribution in [0.5, 0.6) is 0 Å². The van der Waals surface area contributed by atoms with Crippen molar-refractivity contribution in [2.45, 2.75) is 12.0 Å². The molecule has 0 saturated carbocycles. The van der Waals surface area contributed by atoms with E-state index in [9.17, 15) is 4.79 Å². The predicted molar refractivity (Wildman–Crippen MR) is 57.7 cm³/mol. The molecule has 0 aliphatic rings. The van der Waals surface area contributed by atoms with Crippen LogP contribution in [0.3, 0.4) is 0 Å². The van der Waals surface area contributed by atoms with E-state index in [1.165, 1.54) is 7.11 Å². The SMILES string of the molecule is COC(C(N)=O)C(CCl)c1ccccn1. The summed E-state index contributed by atoms with van der Waals surface area (Å²) in [7, 11) is 1.43. The number of carbonyl (C=O) groups is 1. The van der Waals surface area contributed by atoms with Gasteiger partial charge in [-0.3, -0.25) is 9.78 Å². The average molecular weight is 229 g/mol. The fourth-order valence-corrected chi connectivity index (χ4v) is 1.71. The van der Waals surface area contributed by atoms with Crippen molar-refractivity contribution < 1.29 is 9.53 Å². The molecule has 1 aromatic rings. The van der Waals surface area contributed by atoms with Crippen LogP contribution in [0.15, 0.2) is 24.4 Å². The highest BCUT2D eigenvalue weighted by Crippen LogP contribution is 2.21. The Morgan fingerprint density at radius 2 is 2.40 bits per heavy atom. The molecule has 2 N–H and O–H groups in total. The van der Waals surface area contributed by atoms with Crippen LogP contribution in [0, 0.1) is 0 Å². The molecule has 0 spiro atoms. The van der Waals surface area contributed by atoms with Crippen LogP contribution in [0.2, 0.25) is 0 Å². The molecule has 0 fully saturated rings. The van der Waals surface area contributed by atoms with Crippen molar-refractivity contribution in [2.24, 2.45) is 5.73 Å². The van der Waals surface area contributed by atoms with Crippen LogP contribution in [-0.4, -0.2) is 30.0 Å². The second kappa shape index (κ2) is 5.68. The van der Waals surface area contributed by atoms with E-state index in [1.807, 2.05) is 6.07 Å². The maximum absolute atomic E-state index is 11.1. The lowest BCUT2D eigenvalue weighted by molar-refractivity contribution is -0.128. The van der Waals surface area contributed by atoms with E-state index >= 15 is 0 Å². The number of carbonyl (C=O) groups excluding carboxylic acids is 1. The molecular weight excluding hydrogens is 216 g/mol. The Kier molecular flexibility index (Phi) is 4.52. The van der Waals surface area contributed by atoms with Gasteiger partial charge in [0.2, 0.25) is 5.91 Å². The molecule has 1 heterocycles. The number of alkyl halides is 1. The number of pyridine rings is 1. The number of rotatable bonds is 5. The molecule has 1 aromatic heterocycles. The maximum atomic E-state index is 11.1. The highest BCUT2D eigenvalue weighted by molar-refractivity contribution is 6.18. The first-order valence-corrected chi connectivity index (χ1v) is 5.03. The molecule has 82 valence electrons. The number of hydrogen-bond acceptors (Lipinski definition) is 3. The van der Waals surface area contributed by atoms with Crippen molar-refractivity contribution in [3.8, 4) is 0 Å². The molecule has 1 rings (SSSR count). The molecule has 2 unspecified atom stereocenters. The number of methoxy groups -OCH3 is 1. The Labute approximate surface area is 93.4 Å². The lowest BCUT2D eigenvalue weighted by atomic mass is 9.99. The third-order valence-corrected chi connectivity index (χ3v) is 2.47. The molecule has 0 bridgehead atoms. The molecule has 5 heteroatoms. The van der Waals surface area contributed by atoms with Crippen LogP contribution < -0.4 is 5.73 Å². The number of halogens is 1. The molecule has 4 nitrogen and oxygen atoms in total. The Morgan fingerprint density at radius 1 is 1.67 bits per heavy atom. The minimum atomic E-state index is -0.739. The normalized spacial score (nSPS) is 14.5. The first-order valence-electron chi connectivity index (χ1n) is 4.49. The molecular formula is C10H13ClN2O2. The monoisotopic (exact) mass is 228 g/mol. The van der Waals surface area contributed by atoms with E-state index < -0.39 is 12.0 Å². The maximum Gasteiger partial charge on any atom is 0.247 e. The number of aromatic nitrogens is 1. The predicted octanol–water partition coefficient (Wildman–Crippen LogP) is 0.904. The van der Waals surface area contributed by atoms with Crippen LogP contribution in [-0.2, 0) is 9.53 Å².